The predicted octanol–water partition coefficient (Wildman–Crippen LogP) is 1.61. The number of benzene rings is 2. The van der Waals surface area contributed by atoms with Crippen LogP contribution in [0.3, 0.4) is 0 Å². The molecule has 12 nitrogen and oxygen atoms in total. The fourth-order valence-corrected chi connectivity index (χ4v) is 5.44. The molecule has 0 bridgehead atoms. The van der Waals surface area contributed by atoms with Crippen molar-refractivity contribution in [3.8, 4) is 17.2 Å². The Morgan fingerprint density at radius 1 is 1.00 bits per heavy atom. The first-order chi connectivity index (χ1) is 19.3. The van der Waals surface area contributed by atoms with E-state index in [0.717, 1.165) is 5.57 Å². The summed E-state index contributed by atoms with van der Waals surface area (Å²) in [6.07, 6.45) is -0.313. The van der Waals surface area contributed by atoms with Crippen molar-refractivity contribution in [2.45, 2.75) is 50.3 Å². The lowest BCUT2D eigenvalue weighted by Gasteiger charge is -2.37. The van der Waals surface area contributed by atoms with Gasteiger partial charge in [-0.2, -0.15) is 0 Å². The van der Waals surface area contributed by atoms with Crippen molar-refractivity contribution in [3.05, 3.63) is 47.1 Å². The number of ether oxygens (including phenoxy) is 8. The van der Waals surface area contributed by atoms with E-state index in [-0.39, 0.29) is 43.5 Å². The fourth-order valence-electron chi connectivity index (χ4n) is 5.44. The largest absolute Gasteiger partial charge is 0.493 e. The smallest absolute Gasteiger partial charge is 0.339 e. The Bertz CT molecular complexity index is 1430. The number of cyclic esters (lactones) is 1. The molecular weight excluding hydrogens is 528 g/mol. The zero-order chi connectivity index (χ0) is 28.1. The molecule has 1 aliphatic carbocycles. The van der Waals surface area contributed by atoms with E-state index in [0.29, 0.717) is 33.4 Å². The van der Waals surface area contributed by atoms with Crippen LogP contribution in [0.5, 0.6) is 17.2 Å². The van der Waals surface area contributed by atoms with E-state index in [1.54, 1.807) is 12.1 Å². The highest BCUT2D eigenvalue weighted by Gasteiger charge is 2.44. The number of carbonyl (C=O) groups is 2. The molecule has 3 heterocycles. The molecule has 2 fully saturated rings. The zero-order valence-corrected chi connectivity index (χ0v) is 21.9. The first-order valence-electron chi connectivity index (χ1n) is 12.7. The average molecular weight is 557 g/mol. The number of carbonyl (C=O) groups excluding carboxylic acids is 2. The van der Waals surface area contributed by atoms with E-state index >= 15 is 0 Å². The van der Waals surface area contributed by atoms with Gasteiger partial charge in [0.15, 0.2) is 17.6 Å². The molecule has 3 aliphatic heterocycles. The van der Waals surface area contributed by atoms with E-state index in [2.05, 4.69) is 0 Å². The van der Waals surface area contributed by atoms with Crippen molar-refractivity contribution in [3.63, 3.8) is 0 Å². The molecule has 6 atom stereocenters. The van der Waals surface area contributed by atoms with Gasteiger partial charge < -0.3 is 48.1 Å². The van der Waals surface area contributed by atoms with Gasteiger partial charge in [-0.25, -0.2) is 4.79 Å². The molecule has 0 radical (unpaired) electrons. The topological polar surface area (TPSA) is 148 Å². The van der Waals surface area contributed by atoms with Crippen LogP contribution in [0, 0.1) is 0 Å². The Kier molecular flexibility index (Phi) is 6.88. The minimum Gasteiger partial charge on any atom is -0.493 e. The molecule has 4 aliphatic rings. The van der Waals surface area contributed by atoms with Crippen LogP contribution in [0.25, 0.3) is 16.3 Å². The third-order valence-electron chi connectivity index (χ3n) is 7.32. The molecule has 0 saturated carbocycles. The van der Waals surface area contributed by atoms with Crippen molar-refractivity contribution in [1.29, 1.82) is 0 Å². The maximum absolute atomic E-state index is 13.2. The molecule has 2 aromatic carbocycles. The van der Waals surface area contributed by atoms with Gasteiger partial charge in [0.05, 0.1) is 26.4 Å². The molecular formula is C28H28O12. The molecule has 2 N–H and O–H groups in total. The van der Waals surface area contributed by atoms with Crippen LogP contribution in [0.4, 0.5) is 0 Å². The van der Waals surface area contributed by atoms with Gasteiger partial charge in [-0.3, -0.25) is 4.79 Å². The standard InChI is InChI=1S/C28H28O12/c1-12(29)39-26-24(31)17(30)10-36-28(26)40-25-15-8-20(34-3)19(33-2)7-14(15)22(23-16(25)9-35-27(23)32)13-4-5-18-21(6-13)38-11-37-18/h4-8,17-18,21,24,26,28,30-31H,9-11H2,1-3H3/t17-,18?,21?,24+,26-,28?/m1/s1. The van der Waals surface area contributed by atoms with Crippen LogP contribution < -0.4 is 14.2 Å². The molecule has 0 aromatic heterocycles. The fraction of sp³-hybridized carbons (Fsp3) is 0.429. The highest BCUT2D eigenvalue weighted by Crippen LogP contribution is 2.48. The molecule has 0 spiro atoms. The maximum Gasteiger partial charge on any atom is 0.339 e. The number of esters is 2. The second-order valence-electron chi connectivity index (χ2n) is 9.70. The third kappa shape index (κ3) is 4.38. The van der Waals surface area contributed by atoms with E-state index in [1.807, 2.05) is 18.2 Å². The van der Waals surface area contributed by atoms with Gasteiger partial charge >= 0.3 is 11.9 Å². The van der Waals surface area contributed by atoms with E-state index in [4.69, 9.17) is 37.9 Å². The van der Waals surface area contributed by atoms with Crippen molar-refractivity contribution in [2.24, 2.45) is 0 Å². The summed E-state index contributed by atoms with van der Waals surface area (Å²) in [7, 11) is 3.00. The van der Waals surface area contributed by atoms with Gasteiger partial charge in [-0.15, -0.1) is 0 Å². The van der Waals surface area contributed by atoms with Gasteiger partial charge in [-0.1, -0.05) is 12.2 Å². The highest BCUT2D eigenvalue weighted by atomic mass is 16.7. The zero-order valence-electron chi connectivity index (χ0n) is 21.9. The first kappa shape index (κ1) is 26.5. The molecule has 12 heteroatoms. The molecule has 0 amide bonds. The predicted molar refractivity (Wildman–Crippen MR) is 136 cm³/mol. The summed E-state index contributed by atoms with van der Waals surface area (Å²) in [4.78, 5) is 25.0. The summed E-state index contributed by atoms with van der Waals surface area (Å²) in [5.74, 6) is -0.225. The number of allylic oxidation sites excluding steroid dienone is 2. The van der Waals surface area contributed by atoms with Crippen LogP contribution in [0.15, 0.2) is 30.4 Å². The Labute approximate surface area is 228 Å². The summed E-state index contributed by atoms with van der Waals surface area (Å²) in [6, 6.07) is 3.44. The van der Waals surface area contributed by atoms with Crippen molar-refractivity contribution < 1.29 is 57.7 Å². The van der Waals surface area contributed by atoms with Gasteiger partial charge in [0.25, 0.3) is 0 Å². The molecule has 2 aromatic rings. The van der Waals surface area contributed by atoms with Crippen molar-refractivity contribution in [1.82, 2.24) is 0 Å². The van der Waals surface area contributed by atoms with E-state index in [9.17, 15) is 19.8 Å². The summed E-state index contributed by atoms with van der Waals surface area (Å²) in [6.45, 7) is 0.967. The molecule has 6 rings (SSSR count). The Hall–Kier alpha value is -3.68. The van der Waals surface area contributed by atoms with Crippen LogP contribution in [0.1, 0.15) is 28.4 Å². The number of aliphatic hydroxyl groups excluding tert-OH is 2. The van der Waals surface area contributed by atoms with Crippen molar-refractivity contribution in [2.75, 3.05) is 27.6 Å². The average Bonchev–Trinajstić information content (AvgIpc) is 3.57. The summed E-state index contributed by atoms with van der Waals surface area (Å²) in [5.41, 5.74) is 2.02. The third-order valence-corrected chi connectivity index (χ3v) is 7.32. The quantitative estimate of drug-likeness (QED) is 0.498. The number of fused-ring (bicyclic) bond motifs is 3. The lowest BCUT2D eigenvalue weighted by molar-refractivity contribution is -0.250. The number of hydrogen-bond donors (Lipinski definition) is 2. The summed E-state index contributed by atoms with van der Waals surface area (Å²) < 4.78 is 45.1. The van der Waals surface area contributed by atoms with Crippen LogP contribution >= 0.6 is 0 Å². The molecule has 2 saturated heterocycles. The molecule has 40 heavy (non-hydrogen) atoms. The van der Waals surface area contributed by atoms with Gasteiger partial charge in [0.1, 0.15) is 43.6 Å². The van der Waals surface area contributed by atoms with Gasteiger partial charge in [0, 0.05) is 23.4 Å². The summed E-state index contributed by atoms with van der Waals surface area (Å²) in [5, 5.41) is 21.8. The summed E-state index contributed by atoms with van der Waals surface area (Å²) >= 11 is 0. The second-order valence-corrected chi connectivity index (χ2v) is 9.70. The van der Waals surface area contributed by atoms with Gasteiger partial charge in [-0.05, 0) is 29.2 Å². The molecule has 212 valence electrons. The normalized spacial score (nSPS) is 28.9. The Balaban J connectivity index is 1.56. The van der Waals surface area contributed by atoms with Crippen LogP contribution in [-0.4, -0.2) is 86.6 Å². The number of methoxy groups -OCH3 is 2. The monoisotopic (exact) mass is 556 g/mol. The van der Waals surface area contributed by atoms with Crippen LogP contribution in [0.2, 0.25) is 0 Å². The number of aliphatic hydroxyl groups is 2. The lowest BCUT2D eigenvalue weighted by Crippen LogP contribution is -2.56. The molecule has 3 unspecified atom stereocenters. The van der Waals surface area contributed by atoms with Gasteiger partial charge in [0.2, 0.25) is 6.29 Å². The van der Waals surface area contributed by atoms with Crippen LogP contribution in [-0.2, 0) is 35.1 Å². The minimum atomic E-state index is -1.46. The Morgan fingerprint density at radius 3 is 2.45 bits per heavy atom. The lowest BCUT2D eigenvalue weighted by atomic mass is 9.86. The van der Waals surface area contributed by atoms with E-state index < -0.39 is 36.5 Å². The van der Waals surface area contributed by atoms with E-state index in [1.165, 1.54) is 21.1 Å². The number of rotatable bonds is 6. The van der Waals surface area contributed by atoms with Crippen molar-refractivity contribution >= 4 is 28.3 Å². The SMILES string of the molecule is COc1cc2c(OC3OC[C@@H](O)[C@H](O)[C@H]3OC(C)=O)c3c(c(C4=CC5OCOC5C=C4)c2cc1OC)C(=O)OC3. The number of hydrogen-bond acceptors (Lipinski definition) is 12. The Morgan fingerprint density at radius 2 is 1.73 bits per heavy atom. The highest BCUT2D eigenvalue weighted by molar-refractivity contribution is 6.12. The minimum absolute atomic E-state index is 0.0976. The first-order valence-corrected chi connectivity index (χ1v) is 12.7. The maximum atomic E-state index is 13.2. The second kappa shape index (κ2) is 10.4.